The van der Waals surface area contributed by atoms with Crippen molar-refractivity contribution in [2.75, 3.05) is 25.5 Å². The topological polar surface area (TPSA) is 92.4 Å². The maximum atomic E-state index is 12.4. The first-order valence-electron chi connectivity index (χ1n) is 9.05. The number of piperidine rings is 1. The number of amides is 2. The number of carbonyl (C=O) groups excluding carboxylic acids is 2. The minimum Gasteiger partial charge on any atom is -0.457 e. The fourth-order valence-corrected chi connectivity index (χ4v) is 2.97. The van der Waals surface area contributed by atoms with Crippen molar-refractivity contribution in [2.24, 2.45) is 5.92 Å². The molecule has 7 heteroatoms. The molecule has 3 N–H and O–H groups in total. The number of carbonyl (C=O) groups is 2. The predicted octanol–water partition coefficient (Wildman–Crippen LogP) is 2.48. The van der Waals surface area contributed by atoms with Gasteiger partial charge >= 0.3 is 0 Å². The highest BCUT2D eigenvalue weighted by Crippen LogP contribution is 2.28. The van der Waals surface area contributed by atoms with E-state index in [9.17, 15) is 9.59 Å². The summed E-state index contributed by atoms with van der Waals surface area (Å²) < 4.78 is 5.93. The zero-order chi connectivity index (χ0) is 19.2. The van der Waals surface area contributed by atoms with Crippen LogP contribution in [-0.4, -0.2) is 36.9 Å². The van der Waals surface area contributed by atoms with E-state index in [1.165, 1.54) is 6.20 Å². The van der Waals surface area contributed by atoms with E-state index in [4.69, 9.17) is 4.74 Å². The molecule has 1 aromatic carbocycles. The van der Waals surface area contributed by atoms with Crippen molar-refractivity contribution in [3.8, 4) is 11.5 Å². The number of anilines is 1. The van der Waals surface area contributed by atoms with Crippen LogP contribution in [0.15, 0.2) is 36.5 Å². The quantitative estimate of drug-likeness (QED) is 0.754. The molecule has 1 saturated heterocycles. The largest absolute Gasteiger partial charge is 0.457 e. The lowest BCUT2D eigenvalue weighted by atomic mass is 9.97. The lowest BCUT2D eigenvalue weighted by Gasteiger charge is -2.22. The minimum atomic E-state index is -0.278. The first-order valence-corrected chi connectivity index (χ1v) is 9.05. The van der Waals surface area contributed by atoms with Crippen LogP contribution in [0.5, 0.6) is 11.5 Å². The monoisotopic (exact) mass is 368 g/mol. The number of hydrogen-bond acceptors (Lipinski definition) is 5. The van der Waals surface area contributed by atoms with E-state index in [0.717, 1.165) is 31.5 Å². The number of aromatic nitrogens is 1. The average molecular weight is 368 g/mol. The van der Waals surface area contributed by atoms with Gasteiger partial charge in [-0.25, -0.2) is 0 Å². The van der Waals surface area contributed by atoms with E-state index in [-0.39, 0.29) is 23.4 Å². The molecule has 0 atom stereocenters. The van der Waals surface area contributed by atoms with Gasteiger partial charge in [-0.2, -0.15) is 0 Å². The van der Waals surface area contributed by atoms with E-state index in [1.807, 2.05) is 19.1 Å². The Kier molecular flexibility index (Phi) is 6.03. The summed E-state index contributed by atoms with van der Waals surface area (Å²) in [6.07, 6.45) is 3.22. The Morgan fingerprint density at radius 1 is 1.19 bits per heavy atom. The van der Waals surface area contributed by atoms with Gasteiger partial charge < -0.3 is 20.7 Å². The van der Waals surface area contributed by atoms with Gasteiger partial charge in [0.25, 0.3) is 5.91 Å². The van der Waals surface area contributed by atoms with Crippen molar-refractivity contribution in [3.63, 3.8) is 0 Å². The van der Waals surface area contributed by atoms with Crippen LogP contribution in [-0.2, 0) is 4.79 Å². The SMILES string of the molecule is CNC(=O)c1cc(Oc2cc(NC(=O)C3CCNCC3)ccc2C)ccn1. The van der Waals surface area contributed by atoms with Crippen LogP contribution >= 0.6 is 0 Å². The van der Waals surface area contributed by atoms with Crippen molar-refractivity contribution in [3.05, 3.63) is 47.8 Å². The second-order valence-corrected chi connectivity index (χ2v) is 6.55. The van der Waals surface area contributed by atoms with E-state index >= 15 is 0 Å². The Bertz CT molecular complexity index is 832. The predicted molar refractivity (Wildman–Crippen MR) is 103 cm³/mol. The molecule has 0 saturated carbocycles. The molecule has 1 aliphatic heterocycles. The summed E-state index contributed by atoms with van der Waals surface area (Å²) in [7, 11) is 1.55. The first kappa shape index (κ1) is 18.8. The fraction of sp³-hybridized carbons (Fsp3) is 0.350. The minimum absolute atomic E-state index is 0.0345. The molecule has 1 fully saturated rings. The summed E-state index contributed by atoms with van der Waals surface area (Å²) in [6, 6.07) is 8.83. The molecular weight excluding hydrogens is 344 g/mol. The number of hydrogen-bond donors (Lipinski definition) is 3. The van der Waals surface area contributed by atoms with Crippen molar-refractivity contribution < 1.29 is 14.3 Å². The highest BCUT2D eigenvalue weighted by Gasteiger charge is 2.21. The molecule has 0 aliphatic carbocycles. The summed E-state index contributed by atoms with van der Waals surface area (Å²) in [5, 5.41) is 8.78. The normalized spacial score (nSPS) is 14.4. The maximum absolute atomic E-state index is 12.4. The fourth-order valence-electron chi connectivity index (χ4n) is 2.97. The third-order valence-electron chi connectivity index (χ3n) is 4.58. The molecule has 0 unspecified atom stereocenters. The van der Waals surface area contributed by atoms with Gasteiger partial charge in [0.05, 0.1) is 0 Å². The van der Waals surface area contributed by atoms with E-state index < -0.39 is 0 Å². The number of nitrogens with one attached hydrogen (secondary N) is 3. The van der Waals surface area contributed by atoms with Gasteiger partial charge in [0, 0.05) is 37.0 Å². The maximum Gasteiger partial charge on any atom is 0.269 e. The summed E-state index contributed by atoms with van der Waals surface area (Å²) in [5.41, 5.74) is 1.90. The van der Waals surface area contributed by atoms with Crippen LogP contribution in [0.25, 0.3) is 0 Å². The van der Waals surface area contributed by atoms with Crippen LogP contribution in [0.3, 0.4) is 0 Å². The third kappa shape index (κ3) is 4.83. The molecule has 3 rings (SSSR count). The Hall–Kier alpha value is -2.93. The summed E-state index contributed by atoms with van der Waals surface area (Å²) >= 11 is 0. The van der Waals surface area contributed by atoms with Crippen LogP contribution in [0.4, 0.5) is 5.69 Å². The number of nitrogens with zero attached hydrogens (tertiary/aromatic N) is 1. The zero-order valence-corrected chi connectivity index (χ0v) is 15.5. The van der Waals surface area contributed by atoms with Crippen molar-refractivity contribution >= 4 is 17.5 Å². The smallest absolute Gasteiger partial charge is 0.269 e. The van der Waals surface area contributed by atoms with Crippen LogP contribution < -0.4 is 20.7 Å². The molecule has 0 bridgehead atoms. The molecule has 1 aliphatic rings. The van der Waals surface area contributed by atoms with Crippen molar-refractivity contribution in [2.45, 2.75) is 19.8 Å². The number of rotatable bonds is 5. The number of aryl methyl sites for hydroxylation is 1. The van der Waals surface area contributed by atoms with Crippen LogP contribution in [0.2, 0.25) is 0 Å². The molecule has 7 nitrogen and oxygen atoms in total. The van der Waals surface area contributed by atoms with Gasteiger partial charge in [0.2, 0.25) is 5.91 Å². The molecule has 1 aromatic heterocycles. The van der Waals surface area contributed by atoms with E-state index in [0.29, 0.717) is 17.2 Å². The standard InChI is InChI=1S/C20H24N4O3/c1-13-3-4-15(24-19(25)14-5-8-22-9-6-14)11-18(13)27-16-7-10-23-17(12-16)20(26)21-2/h3-4,7,10-12,14,22H,5-6,8-9H2,1-2H3,(H,21,26)(H,24,25). The summed E-state index contributed by atoms with van der Waals surface area (Å²) in [6.45, 7) is 3.67. The highest BCUT2D eigenvalue weighted by molar-refractivity contribution is 5.93. The third-order valence-corrected chi connectivity index (χ3v) is 4.58. The van der Waals surface area contributed by atoms with Gasteiger partial charge in [-0.15, -0.1) is 0 Å². The molecule has 2 amide bonds. The summed E-state index contributed by atoms with van der Waals surface area (Å²) in [5.74, 6) is 0.921. The van der Waals surface area contributed by atoms with E-state index in [1.54, 1.807) is 25.2 Å². The van der Waals surface area contributed by atoms with Gasteiger partial charge in [-0.3, -0.25) is 14.6 Å². The summed E-state index contributed by atoms with van der Waals surface area (Å²) in [4.78, 5) is 28.2. The molecule has 27 heavy (non-hydrogen) atoms. The Morgan fingerprint density at radius 3 is 2.70 bits per heavy atom. The molecule has 142 valence electrons. The molecule has 2 heterocycles. The van der Waals surface area contributed by atoms with Gasteiger partial charge in [0.1, 0.15) is 17.2 Å². The van der Waals surface area contributed by atoms with Gasteiger partial charge in [0.15, 0.2) is 0 Å². The molecule has 0 radical (unpaired) electrons. The van der Waals surface area contributed by atoms with Crippen LogP contribution in [0, 0.1) is 12.8 Å². The number of ether oxygens (including phenoxy) is 1. The second-order valence-electron chi connectivity index (χ2n) is 6.55. The number of benzene rings is 1. The van der Waals surface area contributed by atoms with E-state index in [2.05, 4.69) is 20.9 Å². The van der Waals surface area contributed by atoms with Crippen molar-refractivity contribution in [1.29, 1.82) is 0 Å². The molecule has 0 spiro atoms. The Balaban J connectivity index is 1.73. The number of pyridine rings is 1. The zero-order valence-electron chi connectivity index (χ0n) is 15.5. The second kappa shape index (κ2) is 8.64. The molecular formula is C20H24N4O3. The lowest BCUT2D eigenvalue weighted by molar-refractivity contribution is -0.120. The van der Waals surface area contributed by atoms with Crippen LogP contribution in [0.1, 0.15) is 28.9 Å². The van der Waals surface area contributed by atoms with Gasteiger partial charge in [-0.1, -0.05) is 6.07 Å². The Morgan fingerprint density at radius 2 is 1.96 bits per heavy atom. The highest BCUT2D eigenvalue weighted by atomic mass is 16.5. The average Bonchev–Trinajstić information content (AvgIpc) is 2.70. The van der Waals surface area contributed by atoms with Crippen molar-refractivity contribution in [1.82, 2.24) is 15.6 Å². The Labute approximate surface area is 158 Å². The van der Waals surface area contributed by atoms with Gasteiger partial charge in [-0.05, 0) is 50.6 Å². The molecule has 2 aromatic rings. The lowest BCUT2D eigenvalue weighted by Crippen LogP contribution is -2.34. The first-order chi connectivity index (χ1) is 13.1.